The molecule has 0 fully saturated rings. The van der Waals surface area contributed by atoms with Gasteiger partial charge in [0, 0.05) is 0 Å². The number of hydrogen-bond donors (Lipinski definition) is 0. The van der Waals surface area contributed by atoms with Crippen LogP contribution in [0.4, 0.5) is 0 Å². The van der Waals surface area contributed by atoms with Crippen LogP contribution in [0.2, 0.25) is 0 Å². The molecule has 20 heavy (non-hydrogen) atoms. The van der Waals surface area contributed by atoms with E-state index in [1.807, 2.05) is 19.1 Å². The van der Waals surface area contributed by atoms with Gasteiger partial charge < -0.3 is 0 Å². The Bertz CT molecular complexity index is 665. The summed E-state index contributed by atoms with van der Waals surface area (Å²) in [6.07, 6.45) is 1.75. The van der Waals surface area contributed by atoms with Gasteiger partial charge in [0.2, 0.25) is 0 Å². The van der Waals surface area contributed by atoms with E-state index in [0.29, 0.717) is 11.1 Å². The number of rotatable bonds is 3. The van der Waals surface area contributed by atoms with Crippen LogP contribution in [0.1, 0.15) is 32.0 Å². The Kier molecular flexibility index (Phi) is 3.41. The molecule has 0 saturated heterocycles. The minimum atomic E-state index is -0.547. The van der Waals surface area contributed by atoms with Crippen molar-refractivity contribution in [2.24, 2.45) is 0 Å². The van der Waals surface area contributed by atoms with Gasteiger partial charge in [0.25, 0.3) is 0 Å². The topological polar surface area (TPSA) is 50.3 Å². The van der Waals surface area contributed by atoms with Crippen LogP contribution in [0, 0.1) is 6.92 Å². The SMILES string of the molecule is Cc1ncccc1C[As]N1C(=O)c2ccccc2C1=O. The van der Waals surface area contributed by atoms with E-state index in [0.717, 1.165) is 16.5 Å². The molecule has 4 nitrogen and oxygen atoms in total. The third kappa shape index (κ3) is 2.16. The average molecular weight is 327 g/mol. The van der Waals surface area contributed by atoms with Crippen molar-refractivity contribution in [3.05, 3.63) is 65.0 Å². The molecule has 0 bridgehead atoms. The quantitative estimate of drug-likeness (QED) is 0.638. The Morgan fingerprint density at radius 1 is 1.05 bits per heavy atom. The van der Waals surface area contributed by atoms with Gasteiger partial charge in [0.05, 0.1) is 0 Å². The number of benzene rings is 1. The monoisotopic (exact) mass is 327 g/mol. The van der Waals surface area contributed by atoms with Crippen molar-refractivity contribution >= 4 is 27.8 Å². The minimum absolute atomic E-state index is 0.160. The van der Waals surface area contributed by atoms with Gasteiger partial charge in [-0.3, -0.25) is 0 Å². The molecule has 0 atom stereocenters. The normalized spacial score (nSPS) is 14.3. The van der Waals surface area contributed by atoms with Gasteiger partial charge in [-0.25, -0.2) is 0 Å². The van der Waals surface area contributed by atoms with Gasteiger partial charge in [-0.05, 0) is 0 Å². The Morgan fingerprint density at radius 3 is 2.30 bits per heavy atom. The van der Waals surface area contributed by atoms with Gasteiger partial charge in [0.15, 0.2) is 0 Å². The second-order valence-corrected chi connectivity index (χ2v) is 6.61. The van der Waals surface area contributed by atoms with E-state index in [1.54, 1.807) is 30.5 Å². The van der Waals surface area contributed by atoms with Gasteiger partial charge in [-0.2, -0.15) is 0 Å². The Labute approximate surface area is 123 Å². The standard InChI is InChI=1S/C15H12AsN2O2/c1-10-11(5-4-8-17-10)9-16-18-14(19)12-6-2-3-7-13(12)15(18)20/h2-8H,9H2,1H3. The number of aromatic nitrogens is 1. The first kappa shape index (κ1) is 13.1. The molecule has 0 saturated carbocycles. The molecule has 0 N–H and O–H groups in total. The predicted octanol–water partition coefficient (Wildman–Crippen LogP) is 1.81. The van der Waals surface area contributed by atoms with Crippen molar-refractivity contribution in [1.29, 1.82) is 0 Å². The second-order valence-electron chi connectivity index (χ2n) is 4.52. The van der Waals surface area contributed by atoms with Gasteiger partial charge in [0.1, 0.15) is 0 Å². The maximum atomic E-state index is 12.2. The molecule has 1 aromatic heterocycles. The summed E-state index contributed by atoms with van der Waals surface area (Å²) in [7, 11) is 0. The molecule has 0 spiro atoms. The number of fused-ring (bicyclic) bond motifs is 1. The summed E-state index contributed by atoms with van der Waals surface area (Å²) in [4.78, 5) is 28.7. The molecule has 99 valence electrons. The Morgan fingerprint density at radius 2 is 1.70 bits per heavy atom. The summed E-state index contributed by atoms with van der Waals surface area (Å²) in [5.74, 6) is -0.320. The fourth-order valence-electron chi connectivity index (χ4n) is 2.14. The number of aryl methyl sites for hydroxylation is 1. The summed E-state index contributed by atoms with van der Waals surface area (Å²) in [5, 5.41) is 0.724. The van der Waals surface area contributed by atoms with E-state index in [2.05, 4.69) is 4.98 Å². The summed E-state index contributed by atoms with van der Waals surface area (Å²) >= 11 is -0.547. The van der Waals surface area contributed by atoms with Crippen LogP contribution in [0.5, 0.6) is 0 Å². The van der Waals surface area contributed by atoms with Gasteiger partial charge in [-0.1, -0.05) is 0 Å². The number of carbonyl (C=O) groups excluding carboxylic acids is 2. The molecule has 1 radical (unpaired) electrons. The molecule has 0 aliphatic carbocycles. The fourth-order valence-corrected chi connectivity index (χ4v) is 4.45. The first-order valence-corrected chi connectivity index (χ1v) is 8.41. The van der Waals surface area contributed by atoms with Crippen molar-refractivity contribution < 1.29 is 9.59 Å². The number of hydrogen-bond acceptors (Lipinski definition) is 3. The zero-order valence-corrected chi connectivity index (χ0v) is 12.8. The molecule has 0 unspecified atom stereocenters. The van der Waals surface area contributed by atoms with E-state index < -0.39 is 16.0 Å². The first-order chi connectivity index (χ1) is 9.68. The van der Waals surface area contributed by atoms with Gasteiger partial charge >= 0.3 is 123 Å². The zero-order chi connectivity index (χ0) is 14.1. The Hall–Kier alpha value is -1.93. The second kappa shape index (κ2) is 5.22. The summed E-state index contributed by atoms with van der Waals surface area (Å²) < 4.78 is 1.41. The van der Waals surface area contributed by atoms with Crippen LogP contribution in [0.25, 0.3) is 0 Å². The van der Waals surface area contributed by atoms with Crippen molar-refractivity contribution in [2.75, 3.05) is 0 Å². The molecule has 1 aromatic carbocycles. The van der Waals surface area contributed by atoms with Crippen molar-refractivity contribution in [3.8, 4) is 0 Å². The number of nitrogens with zero attached hydrogens (tertiary/aromatic N) is 2. The van der Waals surface area contributed by atoms with Crippen LogP contribution in [0.3, 0.4) is 0 Å². The first-order valence-electron chi connectivity index (χ1n) is 6.24. The maximum absolute atomic E-state index is 12.2. The van der Waals surface area contributed by atoms with E-state index >= 15 is 0 Å². The molecule has 1 aliphatic heterocycles. The predicted molar refractivity (Wildman–Crippen MR) is 75.4 cm³/mol. The number of imide groups is 1. The number of pyridine rings is 1. The summed E-state index contributed by atoms with van der Waals surface area (Å²) in [6.45, 7) is 1.94. The van der Waals surface area contributed by atoms with Crippen LogP contribution < -0.4 is 0 Å². The van der Waals surface area contributed by atoms with Crippen LogP contribution >= 0.6 is 0 Å². The van der Waals surface area contributed by atoms with Crippen molar-refractivity contribution in [1.82, 2.24) is 8.80 Å². The van der Waals surface area contributed by atoms with E-state index in [-0.39, 0.29) is 11.8 Å². The summed E-state index contributed by atoms with van der Waals surface area (Å²) in [6, 6.07) is 10.9. The number of carbonyl (C=O) groups is 2. The summed E-state index contributed by atoms with van der Waals surface area (Å²) in [5.41, 5.74) is 3.11. The van der Waals surface area contributed by atoms with Crippen LogP contribution in [-0.4, -0.2) is 36.6 Å². The van der Waals surface area contributed by atoms with Crippen LogP contribution in [-0.2, 0) is 5.21 Å². The van der Waals surface area contributed by atoms with Crippen molar-refractivity contribution in [3.63, 3.8) is 0 Å². The molecule has 1 aliphatic rings. The molecular formula is C15H12AsN2O2. The van der Waals surface area contributed by atoms with E-state index in [4.69, 9.17) is 0 Å². The zero-order valence-electron chi connectivity index (χ0n) is 10.9. The van der Waals surface area contributed by atoms with Crippen molar-refractivity contribution in [2.45, 2.75) is 12.1 Å². The molecule has 5 heteroatoms. The fraction of sp³-hybridized carbons (Fsp3) is 0.133. The van der Waals surface area contributed by atoms with Crippen LogP contribution in [0.15, 0.2) is 42.6 Å². The molecule has 2 aromatic rings. The van der Waals surface area contributed by atoms with Gasteiger partial charge in [-0.15, -0.1) is 0 Å². The molecule has 2 amide bonds. The number of amides is 2. The third-order valence-electron chi connectivity index (χ3n) is 3.27. The average Bonchev–Trinajstić information content (AvgIpc) is 2.71. The molecule has 3 rings (SSSR count). The Balaban J connectivity index is 1.79. The third-order valence-corrected chi connectivity index (χ3v) is 5.64. The molecular weight excluding hydrogens is 315 g/mol. The molecule has 2 heterocycles. The van der Waals surface area contributed by atoms with E-state index in [9.17, 15) is 9.59 Å². The van der Waals surface area contributed by atoms with E-state index in [1.165, 1.54) is 3.82 Å².